The van der Waals surface area contributed by atoms with Crippen LogP contribution in [0.3, 0.4) is 0 Å². The van der Waals surface area contributed by atoms with Crippen LogP contribution < -0.4 is 10.1 Å². The Morgan fingerprint density at radius 1 is 1.17 bits per heavy atom. The quantitative estimate of drug-likeness (QED) is 0.515. The highest BCUT2D eigenvalue weighted by Crippen LogP contribution is 2.29. The van der Waals surface area contributed by atoms with Crippen LogP contribution in [0.4, 0.5) is 0 Å². The minimum atomic E-state index is -0.192. The van der Waals surface area contributed by atoms with Gasteiger partial charge in [-0.05, 0) is 44.5 Å². The van der Waals surface area contributed by atoms with Gasteiger partial charge in [0, 0.05) is 20.0 Å². The molecule has 1 N–H and O–H groups in total. The van der Waals surface area contributed by atoms with E-state index in [-0.39, 0.29) is 17.9 Å². The van der Waals surface area contributed by atoms with Gasteiger partial charge in [-0.2, -0.15) is 0 Å². The van der Waals surface area contributed by atoms with Crippen LogP contribution in [0.15, 0.2) is 48.5 Å². The summed E-state index contributed by atoms with van der Waals surface area (Å²) in [6.07, 6.45) is 0.928. The van der Waals surface area contributed by atoms with Gasteiger partial charge in [0.2, 0.25) is 5.91 Å². The number of rotatable bonds is 9. The highest BCUT2D eigenvalue weighted by Gasteiger charge is 2.20. The molecule has 0 saturated heterocycles. The first-order valence-electron chi connectivity index (χ1n) is 10.1. The SMILES string of the molecule is CCOc1ccccc1C(=O)NCCCC(=O)N(C)[C@H](C)c1nc2ccccc2s1. The average molecular weight is 426 g/mol. The van der Waals surface area contributed by atoms with E-state index in [0.717, 1.165) is 15.2 Å². The third-order valence-electron chi connectivity index (χ3n) is 4.93. The fourth-order valence-electron chi connectivity index (χ4n) is 3.10. The Balaban J connectivity index is 1.48. The number of carbonyl (C=O) groups excluding carboxylic acids is 2. The number of thiazole rings is 1. The van der Waals surface area contributed by atoms with Gasteiger partial charge in [-0.25, -0.2) is 4.98 Å². The van der Waals surface area contributed by atoms with E-state index in [1.165, 1.54) is 0 Å². The molecule has 1 aromatic heterocycles. The average Bonchev–Trinajstić information content (AvgIpc) is 3.20. The Morgan fingerprint density at radius 2 is 1.90 bits per heavy atom. The molecule has 0 aliphatic heterocycles. The Labute approximate surface area is 180 Å². The zero-order chi connectivity index (χ0) is 21.5. The number of aromatic nitrogens is 1. The first kappa shape index (κ1) is 21.8. The number of benzene rings is 2. The van der Waals surface area contributed by atoms with Crippen molar-refractivity contribution < 1.29 is 14.3 Å². The van der Waals surface area contributed by atoms with Gasteiger partial charge in [-0.15, -0.1) is 11.3 Å². The molecule has 0 bridgehead atoms. The van der Waals surface area contributed by atoms with E-state index in [0.29, 0.717) is 37.3 Å². The fourth-order valence-corrected chi connectivity index (χ4v) is 4.16. The summed E-state index contributed by atoms with van der Waals surface area (Å²) in [5.74, 6) is 0.409. The van der Waals surface area contributed by atoms with E-state index in [1.807, 2.05) is 44.2 Å². The zero-order valence-corrected chi connectivity index (χ0v) is 18.4. The number of hydrogen-bond acceptors (Lipinski definition) is 5. The molecule has 0 radical (unpaired) electrons. The largest absolute Gasteiger partial charge is 0.493 e. The highest BCUT2D eigenvalue weighted by molar-refractivity contribution is 7.18. The van der Waals surface area contributed by atoms with Gasteiger partial charge < -0.3 is 15.0 Å². The minimum Gasteiger partial charge on any atom is -0.493 e. The van der Waals surface area contributed by atoms with Crippen molar-refractivity contribution in [2.45, 2.75) is 32.7 Å². The van der Waals surface area contributed by atoms with Crippen molar-refractivity contribution in [3.63, 3.8) is 0 Å². The van der Waals surface area contributed by atoms with Crippen LogP contribution in [0.2, 0.25) is 0 Å². The summed E-state index contributed by atoms with van der Waals surface area (Å²) in [5.41, 5.74) is 1.47. The van der Waals surface area contributed by atoms with Gasteiger partial charge >= 0.3 is 0 Å². The molecule has 7 heteroatoms. The van der Waals surface area contributed by atoms with Crippen molar-refractivity contribution in [1.29, 1.82) is 0 Å². The van der Waals surface area contributed by atoms with Gasteiger partial charge in [0.05, 0.1) is 28.4 Å². The number of fused-ring (bicyclic) bond motifs is 1. The molecule has 6 nitrogen and oxygen atoms in total. The molecule has 0 fully saturated rings. The van der Waals surface area contributed by atoms with Crippen molar-refractivity contribution >= 4 is 33.4 Å². The van der Waals surface area contributed by atoms with Crippen molar-refractivity contribution in [2.75, 3.05) is 20.2 Å². The standard InChI is InChI=1S/C23H27N3O3S/c1-4-29-19-12-7-5-10-17(19)22(28)24-15-9-14-21(27)26(3)16(2)23-25-18-11-6-8-13-20(18)30-23/h5-8,10-13,16H,4,9,14-15H2,1-3H3,(H,24,28)/t16-/m1/s1. The second-order valence-electron chi connectivity index (χ2n) is 6.99. The summed E-state index contributed by atoms with van der Waals surface area (Å²) < 4.78 is 6.62. The predicted octanol–water partition coefficient (Wildman–Crippen LogP) is 4.42. The number of para-hydroxylation sites is 2. The van der Waals surface area contributed by atoms with Gasteiger partial charge in [0.1, 0.15) is 10.8 Å². The lowest BCUT2D eigenvalue weighted by molar-refractivity contribution is -0.131. The normalized spacial score (nSPS) is 11.8. The molecule has 0 aliphatic rings. The molecule has 3 rings (SSSR count). The molecule has 0 spiro atoms. The van der Waals surface area contributed by atoms with E-state index < -0.39 is 0 Å². The second-order valence-corrected chi connectivity index (χ2v) is 8.05. The fraction of sp³-hybridized carbons (Fsp3) is 0.348. The highest BCUT2D eigenvalue weighted by atomic mass is 32.1. The summed E-state index contributed by atoms with van der Waals surface area (Å²) in [7, 11) is 1.80. The Hall–Kier alpha value is -2.93. The first-order valence-corrected chi connectivity index (χ1v) is 10.9. The lowest BCUT2D eigenvalue weighted by Gasteiger charge is -2.23. The Morgan fingerprint density at radius 3 is 2.67 bits per heavy atom. The number of ether oxygens (including phenoxy) is 1. The Kier molecular flexibility index (Phi) is 7.41. The maximum Gasteiger partial charge on any atom is 0.255 e. The maximum absolute atomic E-state index is 12.6. The number of amides is 2. The lowest BCUT2D eigenvalue weighted by atomic mass is 10.2. The zero-order valence-electron chi connectivity index (χ0n) is 17.6. The summed E-state index contributed by atoms with van der Waals surface area (Å²) >= 11 is 1.61. The molecule has 0 saturated carbocycles. The molecule has 3 aromatic rings. The van der Waals surface area contributed by atoms with E-state index >= 15 is 0 Å². The summed E-state index contributed by atoms with van der Waals surface area (Å²) in [6.45, 7) is 4.79. The van der Waals surface area contributed by atoms with Gasteiger partial charge in [-0.3, -0.25) is 9.59 Å². The molecule has 0 unspecified atom stereocenters. The van der Waals surface area contributed by atoms with E-state index in [2.05, 4.69) is 10.3 Å². The number of nitrogens with zero attached hydrogens (tertiary/aromatic N) is 2. The van der Waals surface area contributed by atoms with Crippen molar-refractivity contribution in [2.24, 2.45) is 0 Å². The van der Waals surface area contributed by atoms with Gasteiger partial charge in [0.15, 0.2) is 0 Å². The van der Waals surface area contributed by atoms with Crippen LogP contribution in [0.25, 0.3) is 10.2 Å². The van der Waals surface area contributed by atoms with Crippen molar-refractivity contribution in [3.8, 4) is 5.75 Å². The third kappa shape index (κ3) is 5.16. The van der Waals surface area contributed by atoms with Crippen LogP contribution in [-0.4, -0.2) is 41.9 Å². The molecular formula is C23H27N3O3S. The number of hydrogen-bond donors (Lipinski definition) is 1. The molecule has 2 aromatic carbocycles. The van der Waals surface area contributed by atoms with Crippen LogP contribution >= 0.6 is 11.3 Å². The molecule has 158 valence electrons. The van der Waals surface area contributed by atoms with Gasteiger partial charge in [0.25, 0.3) is 5.91 Å². The van der Waals surface area contributed by atoms with Crippen molar-refractivity contribution in [1.82, 2.24) is 15.2 Å². The van der Waals surface area contributed by atoms with Gasteiger partial charge in [-0.1, -0.05) is 24.3 Å². The van der Waals surface area contributed by atoms with E-state index in [1.54, 1.807) is 41.5 Å². The Bertz CT molecular complexity index is 985. The number of carbonyl (C=O) groups is 2. The van der Waals surface area contributed by atoms with Crippen LogP contribution in [0, 0.1) is 0 Å². The molecular weight excluding hydrogens is 398 g/mol. The van der Waals surface area contributed by atoms with Crippen molar-refractivity contribution in [3.05, 3.63) is 59.1 Å². The maximum atomic E-state index is 12.6. The molecule has 1 atom stereocenters. The first-order chi connectivity index (χ1) is 14.5. The number of nitrogens with one attached hydrogen (secondary N) is 1. The monoisotopic (exact) mass is 425 g/mol. The topological polar surface area (TPSA) is 71.5 Å². The molecule has 0 aliphatic carbocycles. The molecule has 1 heterocycles. The lowest BCUT2D eigenvalue weighted by Crippen LogP contribution is -2.31. The minimum absolute atomic E-state index is 0.0331. The van der Waals surface area contributed by atoms with Crippen LogP contribution in [0.5, 0.6) is 5.75 Å². The molecule has 2 amide bonds. The molecule has 30 heavy (non-hydrogen) atoms. The summed E-state index contributed by atoms with van der Waals surface area (Å²) in [5, 5.41) is 3.79. The van der Waals surface area contributed by atoms with Crippen LogP contribution in [0.1, 0.15) is 48.1 Å². The van der Waals surface area contributed by atoms with E-state index in [4.69, 9.17) is 4.74 Å². The second kappa shape index (κ2) is 10.2. The summed E-state index contributed by atoms with van der Waals surface area (Å²) in [4.78, 5) is 31.4. The third-order valence-corrected chi connectivity index (χ3v) is 6.13. The van der Waals surface area contributed by atoms with Crippen LogP contribution in [-0.2, 0) is 4.79 Å². The van der Waals surface area contributed by atoms with E-state index in [9.17, 15) is 9.59 Å². The summed E-state index contributed by atoms with van der Waals surface area (Å²) in [6, 6.07) is 15.0. The smallest absolute Gasteiger partial charge is 0.255 e. The predicted molar refractivity (Wildman–Crippen MR) is 120 cm³/mol.